The molecule has 1 aromatic heterocycles. The Balaban J connectivity index is 0.00000225. The van der Waals surface area contributed by atoms with E-state index in [0.29, 0.717) is 17.2 Å². The lowest BCUT2D eigenvalue weighted by Gasteiger charge is -2.04. The number of nitrogens with one attached hydrogen (secondary N) is 2. The summed E-state index contributed by atoms with van der Waals surface area (Å²) in [6.07, 6.45) is 0. The van der Waals surface area contributed by atoms with Gasteiger partial charge >= 0.3 is 0 Å². The zero-order chi connectivity index (χ0) is 11.3. The van der Waals surface area contributed by atoms with E-state index in [1.165, 1.54) is 11.3 Å². The molecular formula is C10H17ClN2O2S. The van der Waals surface area contributed by atoms with E-state index in [-0.39, 0.29) is 18.3 Å². The summed E-state index contributed by atoms with van der Waals surface area (Å²) in [6.45, 7) is 3.34. The van der Waals surface area contributed by atoms with Gasteiger partial charge in [0, 0.05) is 18.0 Å². The summed E-state index contributed by atoms with van der Waals surface area (Å²) in [5, 5.41) is 5.78. The summed E-state index contributed by atoms with van der Waals surface area (Å²) in [7, 11) is 3.42. The molecule has 0 aliphatic rings. The zero-order valence-electron chi connectivity index (χ0n) is 9.62. The lowest BCUT2D eigenvalue weighted by atomic mass is 10.3. The number of ether oxygens (including phenoxy) is 1. The van der Waals surface area contributed by atoms with Crippen molar-refractivity contribution in [2.75, 3.05) is 27.2 Å². The first kappa shape index (κ1) is 15.2. The Morgan fingerprint density at radius 2 is 2.19 bits per heavy atom. The van der Waals surface area contributed by atoms with Gasteiger partial charge in [0.25, 0.3) is 5.91 Å². The van der Waals surface area contributed by atoms with Crippen LogP contribution >= 0.6 is 23.7 Å². The number of likely N-dealkylation sites (N-methyl/N-ethyl adjacent to an activating group) is 1. The van der Waals surface area contributed by atoms with Gasteiger partial charge in [0.2, 0.25) is 0 Å². The predicted molar refractivity (Wildman–Crippen MR) is 69.1 cm³/mol. The molecule has 1 amide bonds. The van der Waals surface area contributed by atoms with Gasteiger partial charge in [-0.3, -0.25) is 4.79 Å². The number of carbonyl (C=O) groups is 1. The Labute approximate surface area is 106 Å². The molecule has 0 atom stereocenters. The van der Waals surface area contributed by atoms with Crippen molar-refractivity contribution in [3.05, 3.63) is 15.8 Å². The molecule has 4 nitrogen and oxygen atoms in total. The van der Waals surface area contributed by atoms with Gasteiger partial charge in [0.15, 0.2) is 0 Å². The van der Waals surface area contributed by atoms with Crippen molar-refractivity contribution >= 4 is 29.7 Å². The van der Waals surface area contributed by atoms with Gasteiger partial charge in [0.05, 0.1) is 7.11 Å². The van der Waals surface area contributed by atoms with Crippen LogP contribution in [0.1, 0.15) is 14.5 Å². The van der Waals surface area contributed by atoms with E-state index in [1.807, 2.05) is 20.0 Å². The molecular weight excluding hydrogens is 248 g/mol. The number of amides is 1. The molecule has 92 valence electrons. The van der Waals surface area contributed by atoms with Crippen molar-refractivity contribution in [1.29, 1.82) is 0 Å². The Morgan fingerprint density at radius 3 is 2.75 bits per heavy atom. The average Bonchev–Trinajstić information content (AvgIpc) is 2.60. The minimum atomic E-state index is -0.0693. The second-order valence-electron chi connectivity index (χ2n) is 3.11. The molecule has 0 radical (unpaired) electrons. The van der Waals surface area contributed by atoms with Crippen LogP contribution in [0.5, 0.6) is 5.75 Å². The van der Waals surface area contributed by atoms with Crippen molar-refractivity contribution in [3.63, 3.8) is 0 Å². The van der Waals surface area contributed by atoms with E-state index >= 15 is 0 Å². The van der Waals surface area contributed by atoms with Crippen molar-refractivity contribution in [1.82, 2.24) is 10.6 Å². The van der Waals surface area contributed by atoms with Crippen LogP contribution in [0.3, 0.4) is 0 Å². The van der Waals surface area contributed by atoms with E-state index in [9.17, 15) is 4.79 Å². The molecule has 0 aliphatic carbocycles. The van der Waals surface area contributed by atoms with E-state index < -0.39 is 0 Å². The number of carbonyl (C=O) groups excluding carboxylic acids is 1. The summed E-state index contributed by atoms with van der Waals surface area (Å²) >= 11 is 1.45. The van der Waals surface area contributed by atoms with Crippen LogP contribution in [0.15, 0.2) is 6.07 Å². The molecule has 0 spiro atoms. The molecule has 0 aromatic carbocycles. The number of thiophene rings is 1. The van der Waals surface area contributed by atoms with Crippen LogP contribution in [-0.2, 0) is 0 Å². The average molecular weight is 265 g/mol. The monoisotopic (exact) mass is 264 g/mol. The first-order valence-corrected chi connectivity index (χ1v) is 5.58. The van der Waals surface area contributed by atoms with Crippen molar-refractivity contribution in [2.45, 2.75) is 6.92 Å². The highest BCUT2D eigenvalue weighted by Gasteiger charge is 2.14. The van der Waals surface area contributed by atoms with Crippen molar-refractivity contribution in [3.8, 4) is 5.75 Å². The van der Waals surface area contributed by atoms with E-state index in [1.54, 1.807) is 7.11 Å². The van der Waals surface area contributed by atoms with Crippen LogP contribution in [0, 0.1) is 6.92 Å². The third kappa shape index (κ3) is 4.00. The normalized spacial score (nSPS) is 9.44. The second kappa shape index (κ2) is 7.49. The molecule has 16 heavy (non-hydrogen) atoms. The first-order chi connectivity index (χ1) is 7.19. The fraction of sp³-hybridized carbons (Fsp3) is 0.500. The standard InChI is InChI=1S/C10H16N2O2S.ClH/c1-7-6-8(14-3)9(15-7)10(13)12-5-4-11-2;/h6,11H,4-5H2,1-3H3,(H,12,13);1H. The fourth-order valence-corrected chi connectivity index (χ4v) is 2.08. The number of aryl methyl sites for hydroxylation is 1. The van der Waals surface area contributed by atoms with Crippen LogP contribution < -0.4 is 15.4 Å². The van der Waals surface area contributed by atoms with Gasteiger partial charge < -0.3 is 15.4 Å². The Kier molecular flexibility index (Phi) is 7.12. The molecule has 1 aromatic rings. The number of hydrogen-bond donors (Lipinski definition) is 2. The van der Waals surface area contributed by atoms with Crippen LogP contribution in [0.4, 0.5) is 0 Å². The Bertz CT molecular complexity index is 342. The van der Waals surface area contributed by atoms with E-state index in [0.717, 1.165) is 11.4 Å². The van der Waals surface area contributed by atoms with Gasteiger partial charge in [-0.15, -0.1) is 23.7 Å². The second-order valence-corrected chi connectivity index (χ2v) is 4.37. The van der Waals surface area contributed by atoms with Gasteiger partial charge in [-0.25, -0.2) is 0 Å². The quantitative estimate of drug-likeness (QED) is 0.792. The first-order valence-electron chi connectivity index (χ1n) is 4.76. The zero-order valence-corrected chi connectivity index (χ0v) is 11.3. The van der Waals surface area contributed by atoms with Gasteiger partial charge in [0.1, 0.15) is 10.6 Å². The lowest BCUT2D eigenvalue weighted by Crippen LogP contribution is -2.30. The molecule has 0 aliphatic heterocycles. The summed E-state index contributed by atoms with van der Waals surface area (Å²) in [5.41, 5.74) is 0. The molecule has 1 rings (SSSR count). The third-order valence-electron chi connectivity index (χ3n) is 1.91. The Hall–Kier alpha value is -0.780. The SMILES string of the molecule is CNCCNC(=O)c1sc(C)cc1OC.Cl. The number of rotatable bonds is 5. The lowest BCUT2D eigenvalue weighted by molar-refractivity contribution is 0.0955. The molecule has 2 N–H and O–H groups in total. The number of halogens is 1. The molecule has 0 bridgehead atoms. The maximum absolute atomic E-state index is 11.7. The Morgan fingerprint density at radius 1 is 1.50 bits per heavy atom. The van der Waals surface area contributed by atoms with E-state index in [4.69, 9.17) is 4.74 Å². The fourth-order valence-electron chi connectivity index (χ4n) is 1.18. The highest BCUT2D eigenvalue weighted by Crippen LogP contribution is 2.28. The predicted octanol–water partition coefficient (Wildman–Crippen LogP) is 1.44. The molecule has 1 heterocycles. The van der Waals surface area contributed by atoms with Crippen LogP contribution in [0.2, 0.25) is 0 Å². The molecule has 0 saturated heterocycles. The maximum Gasteiger partial charge on any atom is 0.265 e. The van der Waals surface area contributed by atoms with Crippen LogP contribution in [-0.4, -0.2) is 33.2 Å². The van der Waals surface area contributed by atoms with Gasteiger partial charge in [-0.05, 0) is 20.0 Å². The molecule has 0 fully saturated rings. The minimum Gasteiger partial charge on any atom is -0.495 e. The summed E-state index contributed by atoms with van der Waals surface area (Å²) < 4.78 is 5.13. The number of methoxy groups -OCH3 is 1. The smallest absolute Gasteiger partial charge is 0.265 e. The van der Waals surface area contributed by atoms with Crippen molar-refractivity contribution < 1.29 is 9.53 Å². The minimum absolute atomic E-state index is 0. The van der Waals surface area contributed by atoms with Gasteiger partial charge in [-0.2, -0.15) is 0 Å². The molecule has 0 saturated carbocycles. The third-order valence-corrected chi connectivity index (χ3v) is 2.94. The molecule has 0 unspecified atom stereocenters. The van der Waals surface area contributed by atoms with Crippen molar-refractivity contribution in [2.24, 2.45) is 0 Å². The van der Waals surface area contributed by atoms with Crippen LogP contribution in [0.25, 0.3) is 0 Å². The molecule has 6 heteroatoms. The number of hydrogen-bond acceptors (Lipinski definition) is 4. The summed E-state index contributed by atoms with van der Waals surface area (Å²) in [6, 6.07) is 1.87. The topological polar surface area (TPSA) is 50.4 Å². The van der Waals surface area contributed by atoms with Gasteiger partial charge in [-0.1, -0.05) is 0 Å². The summed E-state index contributed by atoms with van der Waals surface area (Å²) in [4.78, 5) is 13.4. The highest BCUT2D eigenvalue weighted by molar-refractivity contribution is 7.14. The maximum atomic E-state index is 11.7. The summed E-state index contributed by atoms with van der Waals surface area (Å²) in [5.74, 6) is 0.583. The van der Waals surface area contributed by atoms with E-state index in [2.05, 4.69) is 10.6 Å². The largest absolute Gasteiger partial charge is 0.495 e. The highest BCUT2D eigenvalue weighted by atomic mass is 35.5.